The lowest BCUT2D eigenvalue weighted by Crippen LogP contribution is -2.36. The molecule has 92 valence electrons. The van der Waals surface area contributed by atoms with Crippen molar-refractivity contribution in [2.24, 2.45) is 5.92 Å². The van der Waals surface area contributed by atoms with Gasteiger partial charge >= 0.3 is 0 Å². The highest BCUT2D eigenvalue weighted by Gasteiger charge is 2.33. The zero-order valence-electron chi connectivity index (χ0n) is 9.91. The Bertz CT molecular complexity index is 445. The second-order valence-electron chi connectivity index (χ2n) is 4.60. The molecule has 0 spiro atoms. The van der Waals surface area contributed by atoms with Crippen LogP contribution < -0.4 is 0 Å². The van der Waals surface area contributed by atoms with E-state index in [1.54, 1.807) is 11.0 Å². The van der Waals surface area contributed by atoms with Crippen molar-refractivity contribution in [3.63, 3.8) is 0 Å². The van der Waals surface area contributed by atoms with Gasteiger partial charge in [-0.1, -0.05) is 17.7 Å². The molecule has 2 nitrogen and oxygen atoms in total. The Hall–Kier alpha value is -0.540. The first-order valence-electron chi connectivity index (χ1n) is 5.73. The Labute approximate surface area is 115 Å². The third kappa shape index (κ3) is 2.66. The zero-order valence-corrected chi connectivity index (χ0v) is 12.3. The topological polar surface area (TPSA) is 20.3 Å². The molecule has 1 aromatic rings. The van der Waals surface area contributed by atoms with Gasteiger partial charge in [0, 0.05) is 17.6 Å². The maximum absolute atomic E-state index is 12.3. The van der Waals surface area contributed by atoms with Gasteiger partial charge in [-0.2, -0.15) is 0 Å². The van der Waals surface area contributed by atoms with Crippen LogP contribution in [0.25, 0.3) is 0 Å². The molecule has 1 fully saturated rings. The largest absolute Gasteiger partial charge is 0.339 e. The molecule has 0 heterocycles. The lowest BCUT2D eigenvalue weighted by molar-refractivity contribution is 0.0727. The normalized spacial score (nSPS) is 16.7. The lowest BCUT2D eigenvalue weighted by Gasteiger charge is -2.25. The first-order valence-corrected chi connectivity index (χ1v) is 6.90. The molecule has 4 heteroatoms. The number of halogens is 2. The molecule has 0 bridgehead atoms. The van der Waals surface area contributed by atoms with Crippen LogP contribution in [0.2, 0.25) is 5.02 Å². The molecule has 1 atom stereocenters. The molecule has 0 radical (unpaired) electrons. The number of amides is 1. The molecule has 1 aliphatic carbocycles. The van der Waals surface area contributed by atoms with Crippen molar-refractivity contribution in [1.29, 1.82) is 0 Å². The highest BCUT2D eigenvalue weighted by atomic mass is 79.9. The van der Waals surface area contributed by atoms with Gasteiger partial charge in [0.1, 0.15) is 0 Å². The molecule has 0 N–H and O–H groups in total. The minimum Gasteiger partial charge on any atom is -0.339 e. The van der Waals surface area contributed by atoms with Crippen LogP contribution in [0, 0.1) is 5.92 Å². The molecule has 0 saturated heterocycles. The minimum atomic E-state index is -0.00398. The molecule has 0 aliphatic heterocycles. The van der Waals surface area contributed by atoms with Crippen LogP contribution in [0.1, 0.15) is 30.1 Å². The molecule has 17 heavy (non-hydrogen) atoms. The van der Waals surface area contributed by atoms with E-state index in [1.807, 2.05) is 19.2 Å². The Balaban J connectivity index is 2.21. The summed E-state index contributed by atoms with van der Waals surface area (Å²) in [6.45, 7) is 2.10. The van der Waals surface area contributed by atoms with E-state index >= 15 is 0 Å². The monoisotopic (exact) mass is 315 g/mol. The first-order chi connectivity index (χ1) is 8.02. The van der Waals surface area contributed by atoms with Crippen LogP contribution in [0.15, 0.2) is 22.7 Å². The van der Waals surface area contributed by atoms with Crippen molar-refractivity contribution >= 4 is 33.4 Å². The van der Waals surface area contributed by atoms with Crippen molar-refractivity contribution in [3.05, 3.63) is 33.3 Å². The molecule has 1 aliphatic rings. The van der Waals surface area contributed by atoms with E-state index in [2.05, 4.69) is 22.9 Å². The van der Waals surface area contributed by atoms with E-state index in [0.717, 1.165) is 4.47 Å². The second kappa shape index (κ2) is 4.99. The van der Waals surface area contributed by atoms with Crippen molar-refractivity contribution in [1.82, 2.24) is 4.90 Å². The van der Waals surface area contributed by atoms with E-state index < -0.39 is 0 Å². The van der Waals surface area contributed by atoms with Crippen molar-refractivity contribution in [2.75, 3.05) is 7.05 Å². The fourth-order valence-electron chi connectivity index (χ4n) is 1.94. The molecular formula is C13H15BrClNO. The number of hydrogen-bond acceptors (Lipinski definition) is 1. The highest BCUT2D eigenvalue weighted by molar-refractivity contribution is 9.10. The standard InChI is InChI=1S/C13H15BrClNO/c1-8(9-6-7-9)16(2)13(17)10-4-3-5-11(14)12(10)15/h3-5,8-9H,6-7H2,1-2H3. The third-order valence-electron chi connectivity index (χ3n) is 3.42. The molecule has 1 aromatic carbocycles. The number of rotatable bonds is 3. The quantitative estimate of drug-likeness (QED) is 0.826. The van der Waals surface area contributed by atoms with Gasteiger partial charge in [0.2, 0.25) is 0 Å². The Morgan fingerprint density at radius 3 is 2.76 bits per heavy atom. The fourth-order valence-corrected chi connectivity index (χ4v) is 2.51. The molecule has 1 amide bonds. The van der Waals surface area contributed by atoms with Gasteiger partial charge in [-0.05, 0) is 53.7 Å². The highest BCUT2D eigenvalue weighted by Crippen LogP contribution is 2.35. The summed E-state index contributed by atoms with van der Waals surface area (Å²) < 4.78 is 0.762. The summed E-state index contributed by atoms with van der Waals surface area (Å²) >= 11 is 9.48. The third-order valence-corrected chi connectivity index (χ3v) is 4.71. The van der Waals surface area contributed by atoms with Gasteiger partial charge < -0.3 is 4.90 Å². The minimum absolute atomic E-state index is 0.00398. The smallest absolute Gasteiger partial charge is 0.255 e. The van der Waals surface area contributed by atoms with Gasteiger partial charge in [0.25, 0.3) is 5.91 Å². The van der Waals surface area contributed by atoms with E-state index in [0.29, 0.717) is 16.5 Å². The van der Waals surface area contributed by atoms with E-state index in [4.69, 9.17) is 11.6 Å². The molecular weight excluding hydrogens is 302 g/mol. The molecule has 1 unspecified atom stereocenters. The molecule has 0 aromatic heterocycles. The summed E-state index contributed by atoms with van der Waals surface area (Å²) in [6, 6.07) is 5.73. The van der Waals surface area contributed by atoms with Crippen molar-refractivity contribution < 1.29 is 4.79 Å². The summed E-state index contributed by atoms with van der Waals surface area (Å²) in [6.07, 6.45) is 2.45. The van der Waals surface area contributed by atoms with Crippen molar-refractivity contribution in [2.45, 2.75) is 25.8 Å². The summed E-state index contributed by atoms with van der Waals surface area (Å²) in [5.74, 6) is 0.658. The van der Waals surface area contributed by atoms with Gasteiger partial charge in [0.05, 0.1) is 10.6 Å². The SMILES string of the molecule is CC(C1CC1)N(C)C(=O)c1cccc(Br)c1Cl. The first kappa shape index (κ1) is 12.9. The molecule has 1 saturated carbocycles. The maximum Gasteiger partial charge on any atom is 0.255 e. The van der Waals surface area contributed by atoms with Gasteiger partial charge in [0.15, 0.2) is 0 Å². The number of hydrogen-bond donors (Lipinski definition) is 0. The number of carbonyl (C=O) groups is 1. The van der Waals surface area contributed by atoms with E-state index in [1.165, 1.54) is 12.8 Å². The van der Waals surface area contributed by atoms with Gasteiger partial charge in [-0.15, -0.1) is 0 Å². The van der Waals surface area contributed by atoms with Crippen LogP contribution >= 0.6 is 27.5 Å². The van der Waals surface area contributed by atoms with Crippen LogP contribution in [-0.4, -0.2) is 23.9 Å². The second-order valence-corrected chi connectivity index (χ2v) is 5.83. The Morgan fingerprint density at radius 2 is 2.18 bits per heavy atom. The predicted molar refractivity (Wildman–Crippen MR) is 73.4 cm³/mol. The summed E-state index contributed by atoms with van der Waals surface area (Å²) in [5, 5.41) is 0.493. The number of nitrogens with zero attached hydrogens (tertiary/aromatic N) is 1. The number of carbonyl (C=O) groups excluding carboxylic acids is 1. The van der Waals surface area contributed by atoms with Gasteiger partial charge in [-0.3, -0.25) is 4.79 Å². The lowest BCUT2D eigenvalue weighted by atomic mass is 10.1. The van der Waals surface area contributed by atoms with Crippen LogP contribution in [0.4, 0.5) is 0 Å². The number of benzene rings is 1. The van der Waals surface area contributed by atoms with Gasteiger partial charge in [-0.25, -0.2) is 0 Å². The fraction of sp³-hybridized carbons (Fsp3) is 0.462. The summed E-state index contributed by atoms with van der Waals surface area (Å²) in [7, 11) is 1.85. The van der Waals surface area contributed by atoms with Crippen LogP contribution in [0.3, 0.4) is 0 Å². The van der Waals surface area contributed by atoms with Crippen LogP contribution in [-0.2, 0) is 0 Å². The predicted octanol–water partition coefficient (Wildman–Crippen LogP) is 3.97. The van der Waals surface area contributed by atoms with E-state index in [9.17, 15) is 4.79 Å². The Morgan fingerprint density at radius 1 is 1.53 bits per heavy atom. The van der Waals surface area contributed by atoms with Crippen LogP contribution in [0.5, 0.6) is 0 Å². The van der Waals surface area contributed by atoms with E-state index in [-0.39, 0.29) is 11.9 Å². The molecule has 2 rings (SSSR count). The zero-order chi connectivity index (χ0) is 12.6. The average molecular weight is 317 g/mol. The average Bonchev–Trinajstić information content (AvgIpc) is 3.14. The summed E-state index contributed by atoms with van der Waals surface area (Å²) in [5.41, 5.74) is 0.566. The summed E-state index contributed by atoms with van der Waals surface area (Å²) in [4.78, 5) is 14.1. The van der Waals surface area contributed by atoms with Crippen molar-refractivity contribution in [3.8, 4) is 0 Å². The Kier molecular flexibility index (Phi) is 3.79. The maximum atomic E-state index is 12.3.